The molecule has 0 fully saturated rings. The lowest BCUT2D eigenvalue weighted by Gasteiger charge is -2.25. The molecule has 2 aromatic rings. The molecule has 3 rings (SSSR count). The largest absolute Gasteiger partial charge is 0.469 e. The Morgan fingerprint density at radius 2 is 2.29 bits per heavy atom. The third-order valence-corrected chi connectivity index (χ3v) is 4.26. The van der Waals surface area contributed by atoms with Crippen molar-refractivity contribution < 1.29 is 4.42 Å². The summed E-state index contributed by atoms with van der Waals surface area (Å²) in [5.41, 5.74) is 0. The number of furan rings is 1. The Bertz CT molecular complexity index is 652. The normalized spacial score (nSPS) is 17.1. The number of aryl methyl sites for hydroxylation is 2. The lowest BCUT2D eigenvalue weighted by Crippen LogP contribution is -2.42. The van der Waals surface area contributed by atoms with Gasteiger partial charge in [0.1, 0.15) is 17.4 Å². The van der Waals surface area contributed by atoms with Gasteiger partial charge in [0.2, 0.25) is 0 Å². The minimum absolute atomic E-state index is 0. The van der Waals surface area contributed by atoms with E-state index in [4.69, 9.17) is 4.42 Å². The minimum Gasteiger partial charge on any atom is -0.469 e. The number of aliphatic imine (C=N–C) groups is 1. The number of rotatable bonds is 5. The van der Waals surface area contributed by atoms with Gasteiger partial charge >= 0.3 is 0 Å². The van der Waals surface area contributed by atoms with Crippen LogP contribution in [0, 0.1) is 12.8 Å². The van der Waals surface area contributed by atoms with Crippen LogP contribution in [0.1, 0.15) is 23.8 Å². The molecule has 0 radical (unpaired) electrons. The standard InChI is InChI=1S/C16H24N6O.HI/c1-12-20-21-15-6-5-13(11-22(12)15)10-19-16(17-2)18-8-7-14-4-3-9-23-14;/h3-4,9,13H,5-8,10-11H2,1-2H3,(H2,17,18,19);1H. The first-order valence-corrected chi connectivity index (χ1v) is 8.12. The molecule has 0 saturated heterocycles. The summed E-state index contributed by atoms with van der Waals surface area (Å²) in [5, 5.41) is 15.1. The third-order valence-electron chi connectivity index (χ3n) is 4.26. The fourth-order valence-electron chi connectivity index (χ4n) is 2.92. The van der Waals surface area contributed by atoms with E-state index >= 15 is 0 Å². The third kappa shape index (κ3) is 4.71. The molecule has 0 aromatic carbocycles. The van der Waals surface area contributed by atoms with Crippen molar-refractivity contribution in [3.63, 3.8) is 0 Å². The quantitative estimate of drug-likeness (QED) is 0.418. The Balaban J connectivity index is 0.00000208. The van der Waals surface area contributed by atoms with Crippen LogP contribution >= 0.6 is 24.0 Å². The second kappa shape index (κ2) is 9.05. The van der Waals surface area contributed by atoms with Crippen molar-refractivity contribution in [2.75, 3.05) is 20.1 Å². The van der Waals surface area contributed by atoms with Crippen LogP contribution < -0.4 is 10.6 Å². The van der Waals surface area contributed by atoms with Gasteiger partial charge in [0.05, 0.1) is 6.26 Å². The summed E-state index contributed by atoms with van der Waals surface area (Å²) in [5.74, 6) is 4.50. The Morgan fingerprint density at radius 1 is 1.42 bits per heavy atom. The zero-order chi connectivity index (χ0) is 16.1. The molecule has 7 nitrogen and oxygen atoms in total. The molecule has 3 heterocycles. The molecule has 1 atom stereocenters. The number of nitrogens with zero attached hydrogens (tertiary/aromatic N) is 4. The zero-order valence-corrected chi connectivity index (χ0v) is 16.5. The van der Waals surface area contributed by atoms with Crippen LogP contribution in [0.3, 0.4) is 0 Å². The maximum Gasteiger partial charge on any atom is 0.191 e. The van der Waals surface area contributed by atoms with Gasteiger partial charge in [0.15, 0.2) is 5.96 Å². The maximum atomic E-state index is 5.33. The molecule has 1 aliphatic heterocycles. The Morgan fingerprint density at radius 3 is 3.04 bits per heavy atom. The van der Waals surface area contributed by atoms with Gasteiger partial charge in [-0.25, -0.2) is 0 Å². The van der Waals surface area contributed by atoms with Crippen LogP contribution in [0.15, 0.2) is 27.8 Å². The molecule has 1 unspecified atom stereocenters. The monoisotopic (exact) mass is 444 g/mol. The van der Waals surface area contributed by atoms with Gasteiger partial charge in [-0.1, -0.05) is 0 Å². The first-order valence-electron chi connectivity index (χ1n) is 8.12. The van der Waals surface area contributed by atoms with Gasteiger partial charge in [-0.05, 0) is 31.4 Å². The van der Waals surface area contributed by atoms with E-state index in [-0.39, 0.29) is 24.0 Å². The predicted octanol–water partition coefficient (Wildman–Crippen LogP) is 1.77. The van der Waals surface area contributed by atoms with Crippen molar-refractivity contribution in [1.29, 1.82) is 0 Å². The lowest BCUT2D eigenvalue weighted by molar-refractivity contribution is 0.358. The molecule has 0 amide bonds. The lowest BCUT2D eigenvalue weighted by atomic mass is 9.99. The number of fused-ring (bicyclic) bond motifs is 1. The predicted molar refractivity (Wildman–Crippen MR) is 104 cm³/mol. The maximum absolute atomic E-state index is 5.33. The van der Waals surface area contributed by atoms with E-state index in [1.165, 1.54) is 0 Å². The van der Waals surface area contributed by atoms with E-state index in [0.717, 1.165) is 62.3 Å². The van der Waals surface area contributed by atoms with Crippen LogP contribution in [-0.4, -0.2) is 40.9 Å². The van der Waals surface area contributed by atoms with Crippen molar-refractivity contribution in [1.82, 2.24) is 25.4 Å². The van der Waals surface area contributed by atoms with E-state index < -0.39 is 0 Å². The molecule has 0 saturated carbocycles. The summed E-state index contributed by atoms with van der Waals surface area (Å²) in [4.78, 5) is 4.28. The van der Waals surface area contributed by atoms with Crippen molar-refractivity contribution in [3.8, 4) is 0 Å². The van der Waals surface area contributed by atoms with Crippen molar-refractivity contribution in [3.05, 3.63) is 35.8 Å². The highest BCUT2D eigenvalue weighted by atomic mass is 127. The summed E-state index contributed by atoms with van der Waals surface area (Å²) in [6.07, 6.45) is 4.68. The second-order valence-electron chi connectivity index (χ2n) is 5.89. The summed E-state index contributed by atoms with van der Waals surface area (Å²) in [7, 11) is 1.80. The fraction of sp³-hybridized carbons (Fsp3) is 0.562. The number of hydrogen-bond donors (Lipinski definition) is 2. The van der Waals surface area contributed by atoms with Crippen molar-refractivity contribution in [2.24, 2.45) is 10.9 Å². The number of aromatic nitrogens is 3. The van der Waals surface area contributed by atoms with Gasteiger partial charge in [-0.3, -0.25) is 4.99 Å². The van der Waals surface area contributed by atoms with Gasteiger partial charge < -0.3 is 19.6 Å². The van der Waals surface area contributed by atoms with E-state index in [1.54, 1.807) is 13.3 Å². The first-order chi connectivity index (χ1) is 11.3. The van der Waals surface area contributed by atoms with E-state index in [2.05, 4.69) is 30.4 Å². The summed E-state index contributed by atoms with van der Waals surface area (Å²) in [6.45, 7) is 4.69. The van der Waals surface area contributed by atoms with E-state index in [0.29, 0.717) is 5.92 Å². The van der Waals surface area contributed by atoms with Crippen molar-refractivity contribution >= 4 is 29.9 Å². The SMILES string of the molecule is CN=C(NCCc1ccco1)NCC1CCc2nnc(C)n2C1.I. The van der Waals surface area contributed by atoms with Gasteiger partial charge in [-0.2, -0.15) is 0 Å². The number of guanidine groups is 1. The first kappa shape index (κ1) is 18.8. The minimum atomic E-state index is 0. The molecule has 2 aromatic heterocycles. The summed E-state index contributed by atoms with van der Waals surface area (Å²) in [6, 6.07) is 3.89. The second-order valence-corrected chi connectivity index (χ2v) is 5.89. The fourth-order valence-corrected chi connectivity index (χ4v) is 2.92. The number of nitrogens with one attached hydrogen (secondary N) is 2. The molecule has 8 heteroatoms. The molecule has 132 valence electrons. The Hall–Kier alpha value is -1.58. The average Bonchev–Trinajstić information content (AvgIpc) is 3.21. The molecule has 0 aliphatic carbocycles. The smallest absolute Gasteiger partial charge is 0.191 e. The highest BCUT2D eigenvalue weighted by Crippen LogP contribution is 2.19. The van der Waals surface area contributed by atoms with Gasteiger partial charge in [-0.15, -0.1) is 34.2 Å². The zero-order valence-electron chi connectivity index (χ0n) is 14.2. The Labute approximate surface area is 159 Å². The van der Waals surface area contributed by atoms with Crippen LogP contribution in [0.25, 0.3) is 0 Å². The van der Waals surface area contributed by atoms with E-state index in [9.17, 15) is 0 Å². The van der Waals surface area contributed by atoms with Gasteiger partial charge in [0.25, 0.3) is 0 Å². The topological polar surface area (TPSA) is 80.3 Å². The molecular formula is C16H25IN6O. The highest BCUT2D eigenvalue weighted by molar-refractivity contribution is 14.0. The summed E-state index contributed by atoms with van der Waals surface area (Å²) < 4.78 is 7.55. The molecule has 0 spiro atoms. The summed E-state index contributed by atoms with van der Waals surface area (Å²) >= 11 is 0. The van der Waals surface area contributed by atoms with Crippen LogP contribution in [0.4, 0.5) is 0 Å². The number of hydrogen-bond acceptors (Lipinski definition) is 4. The van der Waals surface area contributed by atoms with Gasteiger partial charge in [0, 0.05) is 39.5 Å². The molecule has 2 N–H and O–H groups in total. The van der Waals surface area contributed by atoms with Crippen LogP contribution in [0.2, 0.25) is 0 Å². The molecule has 1 aliphatic rings. The van der Waals surface area contributed by atoms with Crippen LogP contribution in [-0.2, 0) is 19.4 Å². The molecule has 0 bridgehead atoms. The van der Waals surface area contributed by atoms with E-state index in [1.807, 2.05) is 19.1 Å². The average molecular weight is 444 g/mol. The molecule has 24 heavy (non-hydrogen) atoms. The van der Waals surface area contributed by atoms with Crippen LogP contribution in [0.5, 0.6) is 0 Å². The highest BCUT2D eigenvalue weighted by Gasteiger charge is 2.21. The molecular weight excluding hydrogens is 419 g/mol. The number of halogens is 1. The van der Waals surface area contributed by atoms with Crippen molar-refractivity contribution in [2.45, 2.75) is 32.7 Å². The Kier molecular flexibility index (Phi) is 7.07.